The Morgan fingerprint density at radius 1 is 1.26 bits per heavy atom. The molecule has 0 radical (unpaired) electrons. The van der Waals surface area contributed by atoms with Gasteiger partial charge in [-0.1, -0.05) is 0 Å². The summed E-state index contributed by atoms with van der Waals surface area (Å²) in [6, 6.07) is 4.98. The maximum Gasteiger partial charge on any atom is 0.359 e. The van der Waals surface area contributed by atoms with Crippen LogP contribution in [0.2, 0.25) is 0 Å². The molecule has 0 N–H and O–H groups in total. The van der Waals surface area contributed by atoms with Crippen molar-refractivity contribution in [2.75, 3.05) is 14.2 Å². The molecule has 96 valence electrons. The van der Waals surface area contributed by atoms with Gasteiger partial charge in [-0.3, -0.25) is 0 Å². The van der Waals surface area contributed by atoms with Gasteiger partial charge in [0.15, 0.2) is 5.69 Å². The number of fused-ring (bicyclic) bond motifs is 1. The third-order valence-corrected chi connectivity index (χ3v) is 2.53. The highest BCUT2D eigenvalue weighted by molar-refractivity contribution is 6.07. The topological polar surface area (TPSA) is 93.7 Å². The molecule has 0 unspecified atom stereocenters. The van der Waals surface area contributed by atoms with Gasteiger partial charge in [-0.2, -0.15) is 10.4 Å². The molecule has 0 aliphatic rings. The molecule has 0 aliphatic carbocycles. The minimum Gasteiger partial charge on any atom is -0.465 e. The SMILES string of the molecule is COC(=O)c1nn2cc(C#N)ccc2c1C(=O)OC. The number of pyridine rings is 1. The zero-order chi connectivity index (χ0) is 14.0. The summed E-state index contributed by atoms with van der Waals surface area (Å²) in [5.74, 6) is -1.44. The van der Waals surface area contributed by atoms with Gasteiger partial charge in [0.2, 0.25) is 0 Å². The van der Waals surface area contributed by atoms with E-state index >= 15 is 0 Å². The van der Waals surface area contributed by atoms with E-state index in [2.05, 4.69) is 14.6 Å². The molecule has 0 saturated heterocycles. The van der Waals surface area contributed by atoms with Gasteiger partial charge in [-0.15, -0.1) is 0 Å². The summed E-state index contributed by atoms with van der Waals surface area (Å²) in [5, 5.41) is 12.8. The second-order valence-corrected chi connectivity index (χ2v) is 3.57. The van der Waals surface area contributed by atoms with Crippen LogP contribution in [0.15, 0.2) is 18.3 Å². The van der Waals surface area contributed by atoms with E-state index in [9.17, 15) is 9.59 Å². The standard InChI is InChI=1S/C12H9N3O4/c1-18-11(16)9-8-4-3-7(5-13)6-15(8)14-10(9)12(17)19-2/h3-4,6H,1-2H3. The van der Waals surface area contributed by atoms with Gasteiger partial charge in [0.1, 0.15) is 11.6 Å². The van der Waals surface area contributed by atoms with E-state index in [0.29, 0.717) is 11.1 Å². The molecule has 0 amide bonds. The fourth-order valence-corrected chi connectivity index (χ4v) is 1.66. The van der Waals surface area contributed by atoms with Gasteiger partial charge in [0.25, 0.3) is 0 Å². The predicted molar refractivity (Wildman–Crippen MR) is 62.6 cm³/mol. The van der Waals surface area contributed by atoms with E-state index in [1.54, 1.807) is 0 Å². The van der Waals surface area contributed by atoms with Crippen LogP contribution in [0.4, 0.5) is 0 Å². The maximum absolute atomic E-state index is 11.7. The Morgan fingerprint density at radius 2 is 1.95 bits per heavy atom. The van der Waals surface area contributed by atoms with Crippen LogP contribution in [-0.2, 0) is 9.47 Å². The summed E-state index contributed by atoms with van der Waals surface area (Å²) < 4.78 is 10.5. The maximum atomic E-state index is 11.7. The lowest BCUT2D eigenvalue weighted by Gasteiger charge is -1.99. The normalized spacial score (nSPS) is 9.95. The Hall–Kier alpha value is -2.88. The van der Waals surface area contributed by atoms with Crippen molar-refractivity contribution in [3.8, 4) is 6.07 Å². The van der Waals surface area contributed by atoms with Crippen molar-refractivity contribution in [1.82, 2.24) is 9.61 Å². The van der Waals surface area contributed by atoms with Crippen LogP contribution in [0.5, 0.6) is 0 Å². The average molecular weight is 259 g/mol. The summed E-state index contributed by atoms with van der Waals surface area (Å²) in [5.41, 5.74) is 0.581. The first kappa shape index (κ1) is 12.6. The fraction of sp³-hybridized carbons (Fsp3) is 0.167. The number of hydrogen-bond acceptors (Lipinski definition) is 6. The molecule has 0 fully saturated rings. The van der Waals surface area contributed by atoms with Gasteiger partial charge in [0.05, 0.1) is 25.3 Å². The molecule has 0 aromatic carbocycles. The van der Waals surface area contributed by atoms with Crippen LogP contribution in [0.3, 0.4) is 0 Å². The number of carbonyl (C=O) groups is 2. The lowest BCUT2D eigenvalue weighted by atomic mass is 10.2. The summed E-state index contributed by atoms with van der Waals surface area (Å²) in [7, 11) is 2.39. The minimum atomic E-state index is -0.748. The van der Waals surface area contributed by atoms with Gasteiger partial charge in [-0.25, -0.2) is 14.1 Å². The number of rotatable bonds is 2. The highest BCUT2D eigenvalue weighted by atomic mass is 16.5. The number of esters is 2. The molecular formula is C12H9N3O4. The molecule has 2 aromatic heterocycles. The van der Waals surface area contributed by atoms with Crippen molar-refractivity contribution in [2.45, 2.75) is 0 Å². The number of ether oxygens (including phenoxy) is 2. The van der Waals surface area contributed by atoms with E-state index in [1.165, 1.54) is 37.1 Å². The lowest BCUT2D eigenvalue weighted by molar-refractivity contribution is 0.0553. The largest absolute Gasteiger partial charge is 0.465 e. The van der Waals surface area contributed by atoms with Crippen molar-refractivity contribution >= 4 is 17.5 Å². The second-order valence-electron chi connectivity index (χ2n) is 3.57. The lowest BCUT2D eigenvalue weighted by Crippen LogP contribution is -2.10. The van der Waals surface area contributed by atoms with Crippen LogP contribution < -0.4 is 0 Å². The monoisotopic (exact) mass is 259 g/mol. The van der Waals surface area contributed by atoms with E-state index in [4.69, 9.17) is 5.26 Å². The van der Waals surface area contributed by atoms with Crippen molar-refractivity contribution in [2.24, 2.45) is 0 Å². The number of methoxy groups -OCH3 is 2. The third kappa shape index (κ3) is 1.99. The second kappa shape index (κ2) is 4.78. The average Bonchev–Trinajstić information content (AvgIpc) is 2.83. The Labute approximate surface area is 108 Å². The molecule has 7 heteroatoms. The smallest absolute Gasteiger partial charge is 0.359 e. The zero-order valence-corrected chi connectivity index (χ0v) is 10.2. The first-order valence-corrected chi connectivity index (χ1v) is 5.21. The zero-order valence-electron chi connectivity index (χ0n) is 10.2. The minimum absolute atomic E-state index is 0.0128. The first-order valence-electron chi connectivity index (χ1n) is 5.21. The Balaban J connectivity index is 2.77. The van der Waals surface area contributed by atoms with Crippen LogP contribution in [0.1, 0.15) is 26.4 Å². The molecule has 0 atom stereocenters. The predicted octanol–water partition coefficient (Wildman–Crippen LogP) is 0.779. The van der Waals surface area contributed by atoms with Gasteiger partial charge in [0, 0.05) is 6.20 Å². The Bertz CT molecular complexity index is 712. The molecule has 7 nitrogen and oxygen atoms in total. The number of hydrogen-bond donors (Lipinski definition) is 0. The molecule has 2 aromatic rings. The van der Waals surface area contributed by atoms with Crippen molar-refractivity contribution in [1.29, 1.82) is 5.26 Å². The number of nitriles is 1. The molecule has 0 bridgehead atoms. The molecule has 0 aliphatic heterocycles. The highest BCUT2D eigenvalue weighted by Crippen LogP contribution is 2.18. The van der Waals surface area contributed by atoms with Crippen LogP contribution >= 0.6 is 0 Å². The number of aromatic nitrogens is 2. The van der Waals surface area contributed by atoms with Gasteiger partial charge < -0.3 is 9.47 Å². The van der Waals surface area contributed by atoms with Crippen LogP contribution in [0.25, 0.3) is 5.52 Å². The van der Waals surface area contributed by atoms with E-state index in [0.717, 1.165) is 0 Å². The van der Waals surface area contributed by atoms with Crippen molar-refractivity contribution in [3.63, 3.8) is 0 Å². The third-order valence-electron chi connectivity index (χ3n) is 2.53. The van der Waals surface area contributed by atoms with Gasteiger partial charge >= 0.3 is 11.9 Å². The van der Waals surface area contributed by atoms with Gasteiger partial charge in [-0.05, 0) is 12.1 Å². The van der Waals surface area contributed by atoms with E-state index < -0.39 is 11.9 Å². The molecule has 2 heterocycles. The Kier molecular flexibility index (Phi) is 3.16. The number of nitrogens with zero attached hydrogens (tertiary/aromatic N) is 3. The molecule has 2 rings (SSSR count). The quantitative estimate of drug-likeness (QED) is 0.740. The first-order chi connectivity index (χ1) is 9.12. The summed E-state index contributed by atoms with van der Waals surface area (Å²) in [6.45, 7) is 0. The fourth-order valence-electron chi connectivity index (χ4n) is 1.66. The van der Waals surface area contributed by atoms with Crippen molar-refractivity contribution < 1.29 is 19.1 Å². The van der Waals surface area contributed by atoms with E-state index in [-0.39, 0.29) is 11.3 Å². The summed E-state index contributed by atoms with van der Waals surface area (Å²) in [6.07, 6.45) is 1.41. The molecule has 0 spiro atoms. The number of carbonyl (C=O) groups excluding carboxylic acids is 2. The molecule has 19 heavy (non-hydrogen) atoms. The van der Waals surface area contributed by atoms with Crippen molar-refractivity contribution in [3.05, 3.63) is 35.2 Å². The Morgan fingerprint density at radius 3 is 2.53 bits per heavy atom. The summed E-state index contributed by atoms with van der Waals surface area (Å²) in [4.78, 5) is 23.3. The van der Waals surface area contributed by atoms with E-state index in [1.807, 2.05) is 6.07 Å². The van der Waals surface area contributed by atoms with Crippen LogP contribution in [0, 0.1) is 11.3 Å². The highest BCUT2D eigenvalue weighted by Gasteiger charge is 2.26. The summed E-state index contributed by atoms with van der Waals surface area (Å²) >= 11 is 0. The molecule has 0 saturated carbocycles. The van der Waals surface area contributed by atoms with Crippen LogP contribution in [-0.4, -0.2) is 35.8 Å². The molecular weight excluding hydrogens is 250 g/mol.